The van der Waals surface area contributed by atoms with E-state index in [9.17, 15) is 4.79 Å². The molecule has 0 aliphatic rings. The number of hydrogen-bond donors (Lipinski definition) is 0. The van der Waals surface area contributed by atoms with E-state index in [-0.39, 0.29) is 5.91 Å². The predicted octanol–water partition coefficient (Wildman–Crippen LogP) is 4.41. The summed E-state index contributed by atoms with van der Waals surface area (Å²) in [7, 11) is 1.78. The molecule has 4 nitrogen and oxygen atoms in total. The van der Waals surface area contributed by atoms with Crippen LogP contribution in [0.25, 0.3) is 5.69 Å². The summed E-state index contributed by atoms with van der Waals surface area (Å²) < 4.78 is 1.80. The molecule has 0 saturated heterocycles. The monoisotopic (exact) mass is 353 g/mol. The highest BCUT2D eigenvalue weighted by molar-refractivity contribution is 6.30. The molecule has 128 valence electrons. The molecule has 0 saturated carbocycles. The smallest absolute Gasteiger partial charge is 0.257 e. The predicted molar refractivity (Wildman–Crippen MR) is 100 cm³/mol. The highest BCUT2D eigenvalue weighted by Gasteiger charge is 2.19. The average molecular weight is 354 g/mol. The number of rotatable bonds is 4. The Kier molecular flexibility index (Phi) is 4.91. The summed E-state index contributed by atoms with van der Waals surface area (Å²) in [5.74, 6) is -0.0589. The van der Waals surface area contributed by atoms with Gasteiger partial charge in [0.15, 0.2) is 0 Å². The summed E-state index contributed by atoms with van der Waals surface area (Å²) in [6, 6.07) is 15.6. The summed E-state index contributed by atoms with van der Waals surface area (Å²) in [4.78, 5) is 14.5. The first-order valence-electron chi connectivity index (χ1n) is 8.07. The van der Waals surface area contributed by atoms with Gasteiger partial charge in [-0.25, -0.2) is 4.68 Å². The number of hydrogen-bond acceptors (Lipinski definition) is 2. The Morgan fingerprint density at radius 1 is 1.16 bits per heavy atom. The van der Waals surface area contributed by atoms with Crippen LogP contribution in [0.3, 0.4) is 0 Å². The van der Waals surface area contributed by atoms with Crippen molar-refractivity contribution in [3.05, 3.63) is 82.1 Å². The molecule has 1 aromatic heterocycles. The maximum absolute atomic E-state index is 12.8. The van der Waals surface area contributed by atoms with E-state index >= 15 is 0 Å². The third kappa shape index (κ3) is 3.74. The highest BCUT2D eigenvalue weighted by Crippen LogP contribution is 2.18. The molecule has 0 unspecified atom stereocenters. The second kappa shape index (κ2) is 7.11. The minimum atomic E-state index is -0.0589. The molecule has 0 aliphatic heterocycles. The third-order valence-corrected chi connectivity index (χ3v) is 4.38. The van der Waals surface area contributed by atoms with E-state index in [2.05, 4.69) is 5.10 Å². The first kappa shape index (κ1) is 17.2. The summed E-state index contributed by atoms with van der Waals surface area (Å²) in [5.41, 5.74) is 4.53. The maximum atomic E-state index is 12.8. The molecule has 0 bridgehead atoms. The van der Waals surface area contributed by atoms with Gasteiger partial charge < -0.3 is 4.90 Å². The lowest BCUT2D eigenvalue weighted by molar-refractivity contribution is 0.0784. The third-order valence-electron chi connectivity index (χ3n) is 4.14. The molecular weight excluding hydrogens is 334 g/mol. The van der Waals surface area contributed by atoms with Crippen LogP contribution in [-0.2, 0) is 6.54 Å². The number of aryl methyl sites for hydroxylation is 1. The van der Waals surface area contributed by atoms with Crippen molar-refractivity contribution in [2.45, 2.75) is 20.4 Å². The molecule has 25 heavy (non-hydrogen) atoms. The lowest BCUT2D eigenvalue weighted by Crippen LogP contribution is -2.26. The zero-order valence-corrected chi connectivity index (χ0v) is 15.3. The molecule has 2 aromatic carbocycles. The van der Waals surface area contributed by atoms with Gasteiger partial charge in [-0.2, -0.15) is 5.10 Å². The average Bonchev–Trinajstić information content (AvgIpc) is 2.95. The second-order valence-electron chi connectivity index (χ2n) is 6.19. The van der Waals surface area contributed by atoms with Gasteiger partial charge >= 0.3 is 0 Å². The maximum Gasteiger partial charge on any atom is 0.257 e. The van der Waals surface area contributed by atoms with E-state index in [1.165, 1.54) is 0 Å². The van der Waals surface area contributed by atoms with Crippen molar-refractivity contribution in [1.82, 2.24) is 14.7 Å². The number of amides is 1. The van der Waals surface area contributed by atoms with Crippen molar-refractivity contribution in [2.75, 3.05) is 7.05 Å². The van der Waals surface area contributed by atoms with E-state index in [0.717, 1.165) is 22.5 Å². The van der Waals surface area contributed by atoms with Crippen molar-refractivity contribution in [3.8, 4) is 5.69 Å². The normalized spacial score (nSPS) is 10.7. The second-order valence-corrected chi connectivity index (χ2v) is 6.62. The van der Waals surface area contributed by atoms with E-state index in [1.807, 2.05) is 62.4 Å². The van der Waals surface area contributed by atoms with Gasteiger partial charge in [0, 0.05) is 18.6 Å². The fourth-order valence-corrected chi connectivity index (χ4v) is 3.04. The lowest BCUT2D eigenvalue weighted by Gasteiger charge is -2.17. The fraction of sp³-hybridized carbons (Fsp3) is 0.200. The first-order valence-corrected chi connectivity index (χ1v) is 8.45. The molecule has 0 radical (unpaired) electrons. The Labute approximate surface area is 152 Å². The van der Waals surface area contributed by atoms with E-state index in [4.69, 9.17) is 11.6 Å². The van der Waals surface area contributed by atoms with Gasteiger partial charge in [0.25, 0.3) is 5.91 Å². The number of aromatic nitrogens is 2. The van der Waals surface area contributed by atoms with Gasteiger partial charge in [-0.1, -0.05) is 35.9 Å². The summed E-state index contributed by atoms with van der Waals surface area (Å²) in [6.07, 6.45) is 1.63. The minimum Gasteiger partial charge on any atom is -0.337 e. The van der Waals surface area contributed by atoms with Crippen LogP contribution in [0.1, 0.15) is 27.2 Å². The molecule has 0 N–H and O–H groups in total. The summed E-state index contributed by atoms with van der Waals surface area (Å²) >= 11 is 6.02. The van der Waals surface area contributed by atoms with Gasteiger partial charge in [0.05, 0.1) is 23.1 Å². The zero-order valence-electron chi connectivity index (χ0n) is 14.5. The molecule has 3 rings (SSSR count). The van der Waals surface area contributed by atoms with Crippen molar-refractivity contribution in [3.63, 3.8) is 0 Å². The summed E-state index contributed by atoms with van der Waals surface area (Å²) in [6.45, 7) is 4.44. The van der Waals surface area contributed by atoms with Crippen molar-refractivity contribution in [2.24, 2.45) is 0 Å². The molecule has 0 atom stereocenters. The molecule has 5 heteroatoms. The van der Waals surface area contributed by atoms with Crippen LogP contribution in [-0.4, -0.2) is 27.6 Å². The lowest BCUT2D eigenvalue weighted by atomic mass is 10.2. The van der Waals surface area contributed by atoms with E-state index in [1.54, 1.807) is 22.8 Å². The molecule has 1 amide bonds. The zero-order chi connectivity index (χ0) is 18.0. The Balaban J connectivity index is 1.83. The molecule has 1 heterocycles. The number of carbonyl (C=O) groups is 1. The minimum absolute atomic E-state index is 0.0589. The van der Waals surface area contributed by atoms with Crippen LogP contribution >= 0.6 is 11.6 Å². The largest absolute Gasteiger partial charge is 0.337 e. The van der Waals surface area contributed by atoms with Crippen LogP contribution in [0.4, 0.5) is 0 Å². The van der Waals surface area contributed by atoms with Gasteiger partial charge in [0.2, 0.25) is 0 Å². The van der Waals surface area contributed by atoms with Crippen LogP contribution in [0.2, 0.25) is 5.02 Å². The topological polar surface area (TPSA) is 38.1 Å². The van der Waals surface area contributed by atoms with E-state index in [0.29, 0.717) is 17.1 Å². The first-order chi connectivity index (χ1) is 12.0. The van der Waals surface area contributed by atoms with Crippen LogP contribution in [0.5, 0.6) is 0 Å². The Morgan fingerprint density at radius 2 is 1.92 bits per heavy atom. The summed E-state index contributed by atoms with van der Waals surface area (Å²) in [5, 5.41) is 5.07. The molecule has 0 aliphatic carbocycles. The van der Waals surface area contributed by atoms with Crippen LogP contribution in [0, 0.1) is 13.8 Å². The number of nitrogens with zero attached hydrogens (tertiary/aromatic N) is 3. The molecule has 0 spiro atoms. The molecule has 0 fully saturated rings. The fourth-order valence-electron chi connectivity index (χ4n) is 2.83. The van der Waals surface area contributed by atoms with Gasteiger partial charge in [-0.3, -0.25) is 4.79 Å². The van der Waals surface area contributed by atoms with Crippen molar-refractivity contribution >= 4 is 17.5 Å². The SMILES string of the molecule is Cc1cccc(-n2ncc(C(=O)N(C)Cc3cccc(Cl)c3)c2C)c1. The molecule has 3 aromatic rings. The quantitative estimate of drug-likeness (QED) is 0.696. The van der Waals surface area contributed by atoms with Gasteiger partial charge in [-0.05, 0) is 49.2 Å². The van der Waals surface area contributed by atoms with Gasteiger partial charge in [0.1, 0.15) is 0 Å². The molecular formula is C20H20ClN3O. The van der Waals surface area contributed by atoms with Crippen LogP contribution in [0.15, 0.2) is 54.7 Å². The Hall–Kier alpha value is -2.59. The van der Waals surface area contributed by atoms with Crippen molar-refractivity contribution < 1.29 is 4.79 Å². The standard InChI is InChI=1S/C20H20ClN3O/c1-14-6-4-9-18(10-14)24-15(2)19(12-22-24)20(25)23(3)13-16-7-5-8-17(21)11-16/h4-12H,13H2,1-3H3. The van der Waals surface area contributed by atoms with E-state index < -0.39 is 0 Å². The van der Waals surface area contributed by atoms with Gasteiger partial charge in [-0.15, -0.1) is 0 Å². The Morgan fingerprint density at radius 3 is 2.64 bits per heavy atom. The number of halogens is 1. The Bertz CT molecular complexity index is 917. The number of benzene rings is 2. The van der Waals surface area contributed by atoms with Crippen LogP contribution < -0.4 is 0 Å². The number of carbonyl (C=O) groups excluding carboxylic acids is 1. The van der Waals surface area contributed by atoms with Crippen molar-refractivity contribution in [1.29, 1.82) is 0 Å². The highest BCUT2D eigenvalue weighted by atomic mass is 35.5.